The zero-order chi connectivity index (χ0) is 12.0. The highest BCUT2D eigenvalue weighted by Crippen LogP contribution is 2.25. The van der Waals surface area contributed by atoms with Crippen molar-refractivity contribution < 1.29 is 9.53 Å². The summed E-state index contributed by atoms with van der Waals surface area (Å²) in [6.07, 6.45) is 5.70. The third-order valence-corrected chi connectivity index (χ3v) is 3.78. The van der Waals surface area contributed by atoms with Crippen molar-refractivity contribution in [3.05, 3.63) is 0 Å². The second kappa shape index (κ2) is 6.36. The fourth-order valence-electron chi connectivity index (χ4n) is 2.42. The molecule has 3 nitrogen and oxygen atoms in total. The minimum Gasteiger partial charge on any atom is -0.377 e. The first-order valence-electron chi connectivity index (χ1n) is 6.42. The summed E-state index contributed by atoms with van der Waals surface area (Å²) in [5, 5.41) is 0. The van der Waals surface area contributed by atoms with Gasteiger partial charge in [0.05, 0.1) is 6.10 Å². The van der Waals surface area contributed by atoms with E-state index in [1.165, 1.54) is 6.42 Å². The van der Waals surface area contributed by atoms with E-state index in [4.69, 9.17) is 4.74 Å². The Hall–Kier alpha value is -0.410. The lowest BCUT2D eigenvalue weighted by molar-refractivity contribution is -0.117. The van der Waals surface area contributed by atoms with Gasteiger partial charge in [0, 0.05) is 25.1 Å². The van der Waals surface area contributed by atoms with Gasteiger partial charge in [0.1, 0.15) is 6.29 Å². The van der Waals surface area contributed by atoms with E-state index < -0.39 is 0 Å². The Balaban J connectivity index is 2.41. The van der Waals surface area contributed by atoms with Gasteiger partial charge in [-0.3, -0.25) is 0 Å². The first-order chi connectivity index (χ1) is 7.65. The zero-order valence-electron chi connectivity index (χ0n) is 10.9. The van der Waals surface area contributed by atoms with Crippen molar-refractivity contribution in [2.45, 2.75) is 45.6 Å². The van der Waals surface area contributed by atoms with Crippen LogP contribution in [-0.4, -0.2) is 44.0 Å². The van der Waals surface area contributed by atoms with E-state index >= 15 is 0 Å². The molecule has 94 valence electrons. The summed E-state index contributed by atoms with van der Waals surface area (Å²) in [5.41, 5.74) is -0.159. The van der Waals surface area contributed by atoms with Gasteiger partial charge in [0.15, 0.2) is 0 Å². The third-order valence-electron chi connectivity index (χ3n) is 3.78. The monoisotopic (exact) mass is 227 g/mol. The quantitative estimate of drug-likeness (QED) is 0.624. The highest BCUT2D eigenvalue weighted by Gasteiger charge is 2.28. The van der Waals surface area contributed by atoms with Gasteiger partial charge in [-0.05, 0) is 32.7 Å². The maximum absolute atomic E-state index is 11.2. The Kier molecular flexibility index (Phi) is 5.42. The van der Waals surface area contributed by atoms with Gasteiger partial charge in [-0.1, -0.05) is 13.8 Å². The first kappa shape index (κ1) is 13.7. The number of ether oxygens (including phenoxy) is 1. The summed E-state index contributed by atoms with van der Waals surface area (Å²) < 4.78 is 5.61. The molecule has 16 heavy (non-hydrogen) atoms. The Bertz CT molecular complexity index is 208. The van der Waals surface area contributed by atoms with E-state index in [1.807, 2.05) is 0 Å². The molecule has 1 saturated heterocycles. The Morgan fingerprint density at radius 2 is 2.12 bits per heavy atom. The van der Waals surface area contributed by atoms with Gasteiger partial charge < -0.3 is 14.4 Å². The first-order valence-corrected chi connectivity index (χ1v) is 6.42. The van der Waals surface area contributed by atoms with Crippen LogP contribution in [0.2, 0.25) is 0 Å². The molecule has 3 heteroatoms. The summed E-state index contributed by atoms with van der Waals surface area (Å²) in [6, 6.07) is 0. The lowest BCUT2D eigenvalue weighted by atomic mass is 9.83. The normalized spacial score (nSPS) is 21.6. The lowest BCUT2D eigenvalue weighted by Crippen LogP contribution is -2.39. The number of carbonyl (C=O) groups excluding carboxylic acids is 1. The molecule has 0 amide bonds. The van der Waals surface area contributed by atoms with Crippen LogP contribution in [0, 0.1) is 5.41 Å². The Labute approximate surface area is 99.1 Å². The second-order valence-electron chi connectivity index (χ2n) is 5.02. The van der Waals surface area contributed by atoms with Crippen molar-refractivity contribution >= 4 is 6.29 Å². The molecule has 1 fully saturated rings. The predicted molar refractivity (Wildman–Crippen MR) is 65.6 cm³/mol. The van der Waals surface area contributed by atoms with E-state index in [9.17, 15) is 4.79 Å². The van der Waals surface area contributed by atoms with Gasteiger partial charge in [0.25, 0.3) is 0 Å². The molecule has 1 unspecified atom stereocenters. The van der Waals surface area contributed by atoms with Crippen molar-refractivity contribution in [2.24, 2.45) is 5.41 Å². The van der Waals surface area contributed by atoms with E-state index in [-0.39, 0.29) is 5.41 Å². The van der Waals surface area contributed by atoms with Gasteiger partial charge in [-0.2, -0.15) is 0 Å². The largest absolute Gasteiger partial charge is 0.377 e. The third kappa shape index (κ3) is 3.56. The SMILES string of the molecule is CCC(C=O)(CC)CN(C)CC1CCCO1. The van der Waals surface area contributed by atoms with Crippen molar-refractivity contribution in [3.63, 3.8) is 0 Å². The molecular formula is C13H25NO2. The fraction of sp³-hybridized carbons (Fsp3) is 0.923. The number of carbonyl (C=O) groups is 1. The summed E-state index contributed by atoms with van der Waals surface area (Å²) in [7, 11) is 2.09. The predicted octanol–water partition coefficient (Wildman–Crippen LogP) is 2.10. The molecule has 0 bridgehead atoms. The molecule has 0 aliphatic carbocycles. The number of nitrogens with zero attached hydrogens (tertiary/aromatic N) is 1. The Morgan fingerprint density at radius 3 is 2.56 bits per heavy atom. The highest BCUT2D eigenvalue weighted by atomic mass is 16.5. The average molecular weight is 227 g/mol. The summed E-state index contributed by atoms with van der Waals surface area (Å²) >= 11 is 0. The maximum atomic E-state index is 11.2. The summed E-state index contributed by atoms with van der Waals surface area (Å²) in [6.45, 7) is 6.90. The molecule has 1 aliphatic heterocycles. The van der Waals surface area contributed by atoms with Crippen LogP contribution in [0.3, 0.4) is 0 Å². The summed E-state index contributed by atoms with van der Waals surface area (Å²) in [5.74, 6) is 0. The molecule has 0 N–H and O–H groups in total. The number of likely N-dealkylation sites (N-methyl/N-ethyl adjacent to an activating group) is 1. The number of rotatable bonds is 7. The van der Waals surface area contributed by atoms with Crippen LogP contribution in [0.25, 0.3) is 0 Å². The standard InChI is InChI=1S/C13H25NO2/c1-4-13(5-2,11-15)10-14(3)9-12-7-6-8-16-12/h11-12H,4-10H2,1-3H3. The molecule has 0 aromatic heterocycles. The minimum atomic E-state index is -0.159. The van der Waals surface area contributed by atoms with E-state index in [0.717, 1.165) is 45.2 Å². The van der Waals surface area contributed by atoms with Gasteiger partial charge >= 0.3 is 0 Å². The maximum Gasteiger partial charge on any atom is 0.127 e. The number of hydrogen-bond donors (Lipinski definition) is 0. The van der Waals surface area contributed by atoms with Crippen LogP contribution in [0.4, 0.5) is 0 Å². The van der Waals surface area contributed by atoms with Crippen LogP contribution in [0.5, 0.6) is 0 Å². The van der Waals surface area contributed by atoms with Crippen LogP contribution >= 0.6 is 0 Å². The topological polar surface area (TPSA) is 29.5 Å². The van der Waals surface area contributed by atoms with Crippen molar-refractivity contribution in [2.75, 3.05) is 26.7 Å². The molecule has 1 rings (SSSR count). The molecule has 0 aromatic rings. The zero-order valence-corrected chi connectivity index (χ0v) is 10.9. The van der Waals surface area contributed by atoms with Crippen LogP contribution < -0.4 is 0 Å². The molecule has 1 atom stereocenters. The second-order valence-corrected chi connectivity index (χ2v) is 5.02. The van der Waals surface area contributed by atoms with Crippen LogP contribution in [0.1, 0.15) is 39.5 Å². The molecule has 0 spiro atoms. The van der Waals surface area contributed by atoms with E-state index in [1.54, 1.807) is 0 Å². The van der Waals surface area contributed by atoms with Crippen LogP contribution in [0.15, 0.2) is 0 Å². The fourth-order valence-corrected chi connectivity index (χ4v) is 2.42. The molecule has 0 saturated carbocycles. The molecule has 0 radical (unpaired) electrons. The minimum absolute atomic E-state index is 0.159. The van der Waals surface area contributed by atoms with Gasteiger partial charge in [-0.25, -0.2) is 0 Å². The van der Waals surface area contributed by atoms with E-state index in [0.29, 0.717) is 6.10 Å². The number of aldehydes is 1. The van der Waals surface area contributed by atoms with Crippen molar-refractivity contribution in [1.29, 1.82) is 0 Å². The van der Waals surface area contributed by atoms with Crippen molar-refractivity contribution in [1.82, 2.24) is 4.90 Å². The lowest BCUT2D eigenvalue weighted by Gasteiger charge is -2.31. The van der Waals surface area contributed by atoms with Gasteiger partial charge in [0.2, 0.25) is 0 Å². The van der Waals surface area contributed by atoms with Crippen LogP contribution in [-0.2, 0) is 9.53 Å². The van der Waals surface area contributed by atoms with Gasteiger partial charge in [-0.15, -0.1) is 0 Å². The molecule has 0 aromatic carbocycles. The highest BCUT2D eigenvalue weighted by molar-refractivity contribution is 5.59. The average Bonchev–Trinajstić information content (AvgIpc) is 2.79. The Morgan fingerprint density at radius 1 is 1.44 bits per heavy atom. The molecule has 1 heterocycles. The molecule has 1 aliphatic rings. The molecular weight excluding hydrogens is 202 g/mol. The van der Waals surface area contributed by atoms with Crippen molar-refractivity contribution in [3.8, 4) is 0 Å². The number of hydrogen-bond acceptors (Lipinski definition) is 3. The van der Waals surface area contributed by atoms with E-state index in [2.05, 4.69) is 25.8 Å². The summed E-state index contributed by atoms with van der Waals surface area (Å²) in [4.78, 5) is 13.5. The smallest absolute Gasteiger partial charge is 0.127 e.